The molecule has 0 unspecified atom stereocenters. The molecule has 0 aliphatic carbocycles. The zero-order valence-electron chi connectivity index (χ0n) is 8.75. The van der Waals surface area contributed by atoms with E-state index in [1.165, 1.54) is 0 Å². The van der Waals surface area contributed by atoms with Crippen molar-refractivity contribution in [1.29, 1.82) is 0 Å². The van der Waals surface area contributed by atoms with E-state index in [4.69, 9.17) is 5.11 Å². The smallest absolute Gasteiger partial charge is 0.240 e. The van der Waals surface area contributed by atoms with Gasteiger partial charge in [-0.2, -0.15) is 0 Å². The summed E-state index contributed by atoms with van der Waals surface area (Å²) in [6.07, 6.45) is 0. The summed E-state index contributed by atoms with van der Waals surface area (Å²) in [6.45, 7) is 3.53. The Bertz CT molecular complexity index is 358. The Morgan fingerprint density at radius 3 is 2.73 bits per heavy atom. The average molecular weight is 272 g/mol. The minimum atomic E-state index is -0.595. The van der Waals surface area contributed by atoms with E-state index in [0.29, 0.717) is 5.69 Å². The van der Waals surface area contributed by atoms with Crippen LogP contribution in [0.5, 0.6) is 0 Å². The van der Waals surface area contributed by atoms with Crippen LogP contribution in [0.4, 0.5) is 5.69 Å². The molecule has 15 heavy (non-hydrogen) atoms. The molecule has 0 heterocycles. The van der Waals surface area contributed by atoms with E-state index in [0.717, 1.165) is 5.56 Å². The number of anilines is 1. The molecule has 2 N–H and O–H groups in total. The minimum absolute atomic E-state index is 0.0264. The molecule has 0 fully saturated rings. The van der Waals surface area contributed by atoms with Crippen LogP contribution in [0.15, 0.2) is 24.3 Å². The van der Waals surface area contributed by atoms with E-state index in [2.05, 4.69) is 21.2 Å². The van der Waals surface area contributed by atoms with E-state index < -0.39 is 4.32 Å². The van der Waals surface area contributed by atoms with E-state index in [1.807, 2.05) is 0 Å². The van der Waals surface area contributed by atoms with Crippen LogP contribution in [0, 0.1) is 0 Å². The average Bonchev–Trinajstić information content (AvgIpc) is 2.16. The molecule has 0 aliphatic heterocycles. The summed E-state index contributed by atoms with van der Waals surface area (Å²) in [5.41, 5.74) is 1.47. The van der Waals surface area contributed by atoms with E-state index in [9.17, 15) is 4.79 Å². The van der Waals surface area contributed by atoms with Crippen molar-refractivity contribution in [3.05, 3.63) is 29.8 Å². The number of nitrogens with one attached hydrogen (secondary N) is 1. The summed E-state index contributed by atoms with van der Waals surface area (Å²) in [6, 6.07) is 7.13. The Morgan fingerprint density at radius 2 is 2.20 bits per heavy atom. The van der Waals surface area contributed by atoms with Gasteiger partial charge in [-0.3, -0.25) is 4.79 Å². The fraction of sp³-hybridized carbons (Fsp3) is 0.364. The van der Waals surface area contributed by atoms with Crippen LogP contribution in [0.1, 0.15) is 19.4 Å². The predicted molar refractivity (Wildman–Crippen MR) is 64.0 cm³/mol. The Balaban J connectivity index is 2.77. The first-order chi connectivity index (χ1) is 6.93. The second-order valence-corrected chi connectivity index (χ2v) is 5.77. The fourth-order valence-electron chi connectivity index (χ4n) is 1.03. The van der Waals surface area contributed by atoms with Crippen molar-refractivity contribution in [2.24, 2.45) is 0 Å². The normalized spacial score (nSPS) is 11.2. The molecule has 0 aromatic heterocycles. The number of alkyl halides is 1. The van der Waals surface area contributed by atoms with Crippen LogP contribution in [0.25, 0.3) is 0 Å². The van der Waals surface area contributed by atoms with Gasteiger partial charge < -0.3 is 10.4 Å². The predicted octanol–water partition coefficient (Wildman–Crippen LogP) is 2.29. The summed E-state index contributed by atoms with van der Waals surface area (Å²) in [5.74, 6) is -0.113. The quantitative estimate of drug-likeness (QED) is 0.829. The molecule has 0 saturated carbocycles. The molecule has 0 radical (unpaired) electrons. The number of hydrogen-bond donors (Lipinski definition) is 2. The number of carbonyl (C=O) groups excluding carboxylic acids is 1. The Morgan fingerprint density at radius 1 is 1.53 bits per heavy atom. The van der Waals surface area contributed by atoms with Gasteiger partial charge in [0.05, 0.1) is 10.9 Å². The summed E-state index contributed by atoms with van der Waals surface area (Å²) in [5, 5.41) is 11.7. The zero-order valence-corrected chi connectivity index (χ0v) is 10.3. The van der Waals surface area contributed by atoms with Crippen LogP contribution >= 0.6 is 15.9 Å². The highest BCUT2D eigenvalue weighted by Gasteiger charge is 2.23. The molecule has 0 bridgehead atoms. The lowest BCUT2D eigenvalue weighted by Crippen LogP contribution is -2.30. The summed E-state index contributed by atoms with van der Waals surface area (Å²) in [4.78, 5) is 11.6. The zero-order chi connectivity index (χ0) is 11.5. The molecule has 82 valence electrons. The first-order valence-electron chi connectivity index (χ1n) is 4.63. The number of benzene rings is 1. The van der Waals surface area contributed by atoms with Crippen LogP contribution in [0.2, 0.25) is 0 Å². The number of hydrogen-bond acceptors (Lipinski definition) is 2. The summed E-state index contributed by atoms with van der Waals surface area (Å²) < 4.78 is -0.595. The van der Waals surface area contributed by atoms with Crippen LogP contribution in [0.3, 0.4) is 0 Å². The first-order valence-corrected chi connectivity index (χ1v) is 5.43. The third-order valence-corrected chi connectivity index (χ3v) is 2.27. The monoisotopic (exact) mass is 271 g/mol. The first kappa shape index (κ1) is 12.2. The maximum Gasteiger partial charge on any atom is 0.240 e. The van der Waals surface area contributed by atoms with Gasteiger partial charge in [0.25, 0.3) is 0 Å². The molecular formula is C11H14BrNO2. The fourth-order valence-corrected chi connectivity index (χ4v) is 1.13. The highest BCUT2D eigenvalue weighted by Crippen LogP contribution is 2.19. The molecule has 0 aliphatic rings. The molecule has 1 aromatic carbocycles. The Labute approximate surface area is 97.6 Å². The lowest BCUT2D eigenvalue weighted by atomic mass is 10.1. The van der Waals surface area contributed by atoms with Crippen LogP contribution < -0.4 is 5.32 Å². The molecule has 1 aromatic rings. The molecule has 1 rings (SSSR count). The minimum Gasteiger partial charge on any atom is -0.392 e. The topological polar surface area (TPSA) is 49.3 Å². The lowest BCUT2D eigenvalue weighted by molar-refractivity contribution is -0.117. The highest BCUT2D eigenvalue weighted by atomic mass is 79.9. The summed E-state index contributed by atoms with van der Waals surface area (Å²) in [7, 11) is 0. The largest absolute Gasteiger partial charge is 0.392 e. The number of rotatable bonds is 3. The molecule has 3 nitrogen and oxygen atoms in total. The van der Waals surface area contributed by atoms with Gasteiger partial charge in [-0.05, 0) is 31.5 Å². The molecular weight excluding hydrogens is 258 g/mol. The van der Waals surface area contributed by atoms with Crippen molar-refractivity contribution < 1.29 is 9.90 Å². The molecule has 0 spiro atoms. The van der Waals surface area contributed by atoms with Crippen molar-refractivity contribution in [2.45, 2.75) is 24.8 Å². The van der Waals surface area contributed by atoms with Crippen molar-refractivity contribution in [1.82, 2.24) is 0 Å². The van der Waals surface area contributed by atoms with Crippen molar-refractivity contribution >= 4 is 27.5 Å². The van der Waals surface area contributed by atoms with E-state index >= 15 is 0 Å². The third kappa shape index (κ3) is 3.64. The van der Waals surface area contributed by atoms with Crippen molar-refractivity contribution in [3.63, 3.8) is 0 Å². The SMILES string of the molecule is CC(C)(Br)C(=O)Nc1cccc(CO)c1. The number of carbonyl (C=O) groups is 1. The Kier molecular flexibility index (Phi) is 3.88. The standard InChI is InChI=1S/C11H14BrNO2/c1-11(2,12)10(15)13-9-5-3-4-8(6-9)7-14/h3-6,14H,7H2,1-2H3,(H,13,15). The van der Waals surface area contributed by atoms with Crippen molar-refractivity contribution in [3.8, 4) is 0 Å². The van der Waals surface area contributed by atoms with Gasteiger partial charge in [0, 0.05) is 5.69 Å². The lowest BCUT2D eigenvalue weighted by Gasteiger charge is -2.16. The second-order valence-electron chi connectivity index (χ2n) is 3.79. The number of amides is 1. The Hall–Kier alpha value is -0.870. The van der Waals surface area contributed by atoms with Crippen LogP contribution in [-0.2, 0) is 11.4 Å². The van der Waals surface area contributed by atoms with Gasteiger partial charge in [0.15, 0.2) is 0 Å². The molecule has 0 atom stereocenters. The maximum absolute atomic E-state index is 11.6. The summed E-state index contributed by atoms with van der Waals surface area (Å²) >= 11 is 3.28. The molecule has 0 saturated heterocycles. The third-order valence-electron chi connectivity index (χ3n) is 1.91. The van der Waals surface area contributed by atoms with Gasteiger partial charge in [0.2, 0.25) is 5.91 Å². The van der Waals surface area contributed by atoms with Gasteiger partial charge in [-0.1, -0.05) is 28.1 Å². The maximum atomic E-state index is 11.6. The van der Waals surface area contributed by atoms with Crippen molar-refractivity contribution in [2.75, 3.05) is 5.32 Å². The molecule has 1 amide bonds. The highest BCUT2D eigenvalue weighted by molar-refractivity contribution is 9.10. The van der Waals surface area contributed by atoms with Gasteiger partial charge in [0.1, 0.15) is 0 Å². The number of aliphatic hydroxyl groups excluding tert-OH is 1. The van der Waals surface area contributed by atoms with Gasteiger partial charge >= 0.3 is 0 Å². The number of halogens is 1. The van der Waals surface area contributed by atoms with Crippen LogP contribution in [-0.4, -0.2) is 15.3 Å². The van der Waals surface area contributed by atoms with Gasteiger partial charge in [-0.15, -0.1) is 0 Å². The second kappa shape index (κ2) is 4.77. The van der Waals surface area contributed by atoms with E-state index in [1.54, 1.807) is 38.1 Å². The van der Waals surface area contributed by atoms with Gasteiger partial charge in [-0.25, -0.2) is 0 Å². The molecule has 4 heteroatoms. The number of aliphatic hydroxyl groups is 1. The van der Waals surface area contributed by atoms with E-state index in [-0.39, 0.29) is 12.5 Å².